The highest BCUT2D eigenvalue weighted by Crippen LogP contribution is 2.26. The third-order valence-corrected chi connectivity index (χ3v) is 3.56. The van der Waals surface area contributed by atoms with Crippen molar-refractivity contribution in [1.82, 2.24) is 0 Å². The van der Waals surface area contributed by atoms with Gasteiger partial charge in [0.1, 0.15) is 0 Å². The minimum Gasteiger partial charge on any atom is -0.481 e. The van der Waals surface area contributed by atoms with E-state index in [1.54, 1.807) is 4.90 Å². The largest absolute Gasteiger partial charge is 0.481 e. The number of carbonyl (C=O) groups is 2. The fraction of sp³-hybridized carbons (Fsp3) is 0.263. The van der Waals surface area contributed by atoms with Gasteiger partial charge in [0.2, 0.25) is 5.91 Å². The van der Waals surface area contributed by atoms with Crippen LogP contribution in [0.15, 0.2) is 60.7 Å². The van der Waals surface area contributed by atoms with E-state index in [9.17, 15) is 9.59 Å². The second kappa shape index (κ2) is 8.73. The lowest BCUT2D eigenvalue weighted by molar-refractivity contribution is -0.137. The molecule has 0 saturated carbocycles. The minimum atomic E-state index is -0.786. The number of hydrogen-bond donors (Lipinski definition) is 1. The minimum absolute atomic E-state index is 0.0257. The molecule has 1 amide bonds. The van der Waals surface area contributed by atoms with E-state index in [0.29, 0.717) is 19.3 Å². The number of carboxylic acid groups (broad SMARTS) is 1. The fourth-order valence-electron chi connectivity index (χ4n) is 2.43. The lowest BCUT2D eigenvalue weighted by Gasteiger charge is -2.23. The number of rotatable bonds is 8. The van der Waals surface area contributed by atoms with Crippen molar-refractivity contribution in [3.63, 3.8) is 0 Å². The molecule has 2 rings (SSSR count). The number of carbonyl (C=O) groups excluding carboxylic acids is 1. The van der Waals surface area contributed by atoms with Gasteiger partial charge in [-0.3, -0.25) is 14.5 Å². The Kier molecular flexibility index (Phi) is 6.36. The van der Waals surface area contributed by atoms with Gasteiger partial charge >= 0.3 is 5.97 Å². The summed E-state index contributed by atoms with van der Waals surface area (Å²) in [6.07, 6.45) is 2.62. The lowest BCUT2D eigenvalue weighted by atomic mass is 10.1. The van der Waals surface area contributed by atoms with Crippen molar-refractivity contribution < 1.29 is 14.7 Å². The van der Waals surface area contributed by atoms with Crippen LogP contribution in [0.1, 0.15) is 32.1 Å². The molecule has 4 nitrogen and oxygen atoms in total. The molecule has 4 heteroatoms. The lowest BCUT2D eigenvalue weighted by Crippen LogP contribution is -2.25. The summed E-state index contributed by atoms with van der Waals surface area (Å²) in [6.45, 7) is 0. The summed E-state index contributed by atoms with van der Waals surface area (Å²) < 4.78 is 0. The van der Waals surface area contributed by atoms with Gasteiger partial charge in [0.15, 0.2) is 0 Å². The highest BCUT2D eigenvalue weighted by atomic mass is 16.4. The molecule has 0 aromatic heterocycles. The first kappa shape index (κ1) is 16.7. The van der Waals surface area contributed by atoms with Crippen molar-refractivity contribution in [3.05, 3.63) is 60.7 Å². The summed E-state index contributed by atoms with van der Waals surface area (Å²) >= 11 is 0. The van der Waals surface area contributed by atoms with Crippen molar-refractivity contribution in [3.8, 4) is 0 Å². The number of anilines is 2. The van der Waals surface area contributed by atoms with Crippen LogP contribution >= 0.6 is 0 Å². The molecule has 0 aliphatic heterocycles. The van der Waals surface area contributed by atoms with Crippen LogP contribution in [-0.4, -0.2) is 17.0 Å². The molecule has 0 bridgehead atoms. The first-order chi connectivity index (χ1) is 11.2. The van der Waals surface area contributed by atoms with Crippen molar-refractivity contribution >= 4 is 23.3 Å². The SMILES string of the molecule is O=C(O)CCCCCC(=O)N(c1ccccc1)c1ccccc1. The van der Waals surface area contributed by atoms with E-state index in [1.807, 2.05) is 60.7 Å². The van der Waals surface area contributed by atoms with E-state index in [-0.39, 0.29) is 12.3 Å². The predicted molar refractivity (Wildman–Crippen MR) is 90.8 cm³/mol. The zero-order chi connectivity index (χ0) is 16.5. The van der Waals surface area contributed by atoms with Crippen LogP contribution in [0.3, 0.4) is 0 Å². The van der Waals surface area contributed by atoms with Crippen LogP contribution in [0.4, 0.5) is 11.4 Å². The van der Waals surface area contributed by atoms with Crippen molar-refractivity contribution in [1.29, 1.82) is 0 Å². The number of benzene rings is 2. The molecule has 0 atom stereocenters. The summed E-state index contributed by atoms with van der Waals surface area (Å²) in [5, 5.41) is 8.63. The second-order valence-corrected chi connectivity index (χ2v) is 5.35. The van der Waals surface area contributed by atoms with Crippen LogP contribution in [-0.2, 0) is 9.59 Å². The Hall–Kier alpha value is -2.62. The monoisotopic (exact) mass is 311 g/mol. The van der Waals surface area contributed by atoms with E-state index in [2.05, 4.69) is 0 Å². The zero-order valence-electron chi connectivity index (χ0n) is 13.0. The molecule has 1 N–H and O–H groups in total. The van der Waals surface area contributed by atoms with Crippen LogP contribution in [0.5, 0.6) is 0 Å². The van der Waals surface area contributed by atoms with E-state index in [1.165, 1.54) is 0 Å². The summed E-state index contributed by atoms with van der Waals surface area (Å²) in [5.74, 6) is -0.760. The van der Waals surface area contributed by atoms with Gasteiger partial charge in [-0.05, 0) is 37.1 Å². The highest BCUT2D eigenvalue weighted by Gasteiger charge is 2.17. The third kappa shape index (κ3) is 5.25. The van der Waals surface area contributed by atoms with E-state index in [0.717, 1.165) is 17.8 Å². The van der Waals surface area contributed by atoms with Gasteiger partial charge in [-0.25, -0.2) is 0 Å². The summed E-state index contributed by atoms with van der Waals surface area (Å²) in [5.41, 5.74) is 1.68. The summed E-state index contributed by atoms with van der Waals surface area (Å²) in [4.78, 5) is 24.9. The molecule has 23 heavy (non-hydrogen) atoms. The third-order valence-electron chi connectivity index (χ3n) is 3.56. The molecule has 0 spiro atoms. The molecule has 0 saturated heterocycles. The molecule has 0 aliphatic carbocycles. The van der Waals surface area contributed by atoms with Crippen molar-refractivity contribution in [2.75, 3.05) is 4.90 Å². The van der Waals surface area contributed by atoms with E-state index >= 15 is 0 Å². The van der Waals surface area contributed by atoms with Gasteiger partial charge in [0, 0.05) is 24.2 Å². The van der Waals surface area contributed by atoms with E-state index in [4.69, 9.17) is 5.11 Å². The van der Waals surface area contributed by atoms with Crippen LogP contribution in [0, 0.1) is 0 Å². The smallest absolute Gasteiger partial charge is 0.303 e. The highest BCUT2D eigenvalue weighted by molar-refractivity contribution is 6.00. The molecule has 0 fully saturated rings. The fourth-order valence-corrected chi connectivity index (χ4v) is 2.43. The standard InChI is InChI=1S/C19H21NO3/c21-18(14-8-3-9-15-19(22)23)20(16-10-4-1-5-11-16)17-12-6-2-7-13-17/h1-2,4-7,10-13H,3,8-9,14-15H2,(H,22,23). The Balaban J connectivity index is 2.03. The van der Waals surface area contributed by atoms with Gasteiger partial charge in [-0.15, -0.1) is 0 Å². The molecule has 0 unspecified atom stereocenters. The van der Waals surface area contributed by atoms with Gasteiger partial charge in [-0.2, -0.15) is 0 Å². The first-order valence-electron chi connectivity index (χ1n) is 7.83. The average molecular weight is 311 g/mol. The Bertz CT molecular complexity index is 586. The summed E-state index contributed by atoms with van der Waals surface area (Å²) in [6, 6.07) is 19.1. The van der Waals surface area contributed by atoms with E-state index < -0.39 is 5.97 Å². The second-order valence-electron chi connectivity index (χ2n) is 5.35. The molecule has 0 heterocycles. The topological polar surface area (TPSA) is 57.6 Å². The average Bonchev–Trinajstić information content (AvgIpc) is 2.56. The normalized spacial score (nSPS) is 10.3. The van der Waals surface area contributed by atoms with Gasteiger partial charge in [-0.1, -0.05) is 42.8 Å². The first-order valence-corrected chi connectivity index (χ1v) is 7.83. The number of carboxylic acids is 1. The van der Waals surface area contributed by atoms with Crippen LogP contribution in [0.2, 0.25) is 0 Å². The predicted octanol–water partition coefficient (Wildman–Crippen LogP) is 4.39. The van der Waals surface area contributed by atoms with Gasteiger partial charge in [0.25, 0.3) is 0 Å². The number of nitrogens with zero attached hydrogens (tertiary/aromatic N) is 1. The number of para-hydroxylation sites is 2. The molecule has 0 aliphatic rings. The Morgan fingerprint density at radius 3 is 1.70 bits per heavy atom. The molecule has 120 valence electrons. The number of unbranched alkanes of at least 4 members (excludes halogenated alkanes) is 2. The number of amides is 1. The molecule has 0 radical (unpaired) electrons. The maximum Gasteiger partial charge on any atom is 0.303 e. The zero-order valence-corrected chi connectivity index (χ0v) is 13.0. The molecular weight excluding hydrogens is 290 g/mol. The Labute approximate surface area is 136 Å². The quantitative estimate of drug-likeness (QED) is 0.736. The van der Waals surface area contributed by atoms with Crippen LogP contribution in [0.25, 0.3) is 0 Å². The molecular formula is C19H21NO3. The maximum atomic E-state index is 12.7. The van der Waals surface area contributed by atoms with Crippen molar-refractivity contribution in [2.45, 2.75) is 32.1 Å². The summed E-state index contributed by atoms with van der Waals surface area (Å²) in [7, 11) is 0. The molecule has 2 aromatic rings. The number of aliphatic carboxylic acids is 1. The van der Waals surface area contributed by atoms with Gasteiger partial charge < -0.3 is 5.11 Å². The Morgan fingerprint density at radius 1 is 0.739 bits per heavy atom. The Morgan fingerprint density at radius 2 is 1.22 bits per heavy atom. The van der Waals surface area contributed by atoms with Crippen molar-refractivity contribution in [2.24, 2.45) is 0 Å². The molecule has 2 aromatic carbocycles. The maximum absolute atomic E-state index is 12.7. The van der Waals surface area contributed by atoms with Gasteiger partial charge in [0.05, 0.1) is 0 Å². The number of hydrogen-bond acceptors (Lipinski definition) is 2. The van der Waals surface area contributed by atoms with Crippen LogP contribution < -0.4 is 4.90 Å².